The maximum atomic E-state index is 12.1. The first-order valence-corrected chi connectivity index (χ1v) is 11.2. The highest BCUT2D eigenvalue weighted by Crippen LogP contribution is 2.14. The molecule has 0 unspecified atom stereocenters. The molecule has 0 spiro atoms. The van der Waals surface area contributed by atoms with E-state index >= 15 is 0 Å². The Balaban J connectivity index is 1.68. The van der Waals surface area contributed by atoms with Gasteiger partial charge in [-0.25, -0.2) is 13.1 Å². The van der Waals surface area contributed by atoms with Gasteiger partial charge >= 0.3 is 0 Å². The standard InChI is InChI=1S/C22H28N2O4S/c1-3-14-23-29(26,27)17-19-10-12-20(13-11-19)24-22(25)9-4-5-15-28-21-8-6-7-18(2)16-21/h3,6-8,10-13,16,23H,1,4-5,9,14-15,17H2,2H3,(H,24,25). The van der Waals surface area contributed by atoms with E-state index in [9.17, 15) is 13.2 Å². The van der Waals surface area contributed by atoms with E-state index in [1.54, 1.807) is 24.3 Å². The van der Waals surface area contributed by atoms with Crippen molar-refractivity contribution in [3.05, 3.63) is 72.3 Å². The first-order valence-electron chi connectivity index (χ1n) is 9.54. The molecule has 2 N–H and O–H groups in total. The molecule has 29 heavy (non-hydrogen) atoms. The van der Waals surface area contributed by atoms with Crippen molar-refractivity contribution < 1.29 is 17.9 Å². The highest BCUT2D eigenvalue weighted by Gasteiger charge is 2.10. The Morgan fingerprint density at radius 1 is 1.14 bits per heavy atom. The Hall–Kier alpha value is -2.64. The van der Waals surface area contributed by atoms with E-state index in [1.807, 2.05) is 31.2 Å². The summed E-state index contributed by atoms with van der Waals surface area (Å²) in [5, 5.41) is 2.82. The number of nitrogens with one attached hydrogen (secondary N) is 2. The molecule has 6 nitrogen and oxygen atoms in total. The van der Waals surface area contributed by atoms with Crippen LogP contribution in [-0.2, 0) is 20.6 Å². The molecule has 0 fully saturated rings. The van der Waals surface area contributed by atoms with Gasteiger partial charge in [0.1, 0.15) is 5.75 Å². The summed E-state index contributed by atoms with van der Waals surface area (Å²) in [6.45, 7) is 6.27. The highest BCUT2D eigenvalue weighted by atomic mass is 32.2. The van der Waals surface area contributed by atoms with Crippen molar-refractivity contribution in [1.82, 2.24) is 4.72 Å². The summed E-state index contributed by atoms with van der Waals surface area (Å²) in [6, 6.07) is 14.7. The van der Waals surface area contributed by atoms with Gasteiger partial charge in [-0.15, -0.1) is 6.58 Å². The lowest BCUT2D eigenvalue weighted by molar-refractivity contribution is -0.116. The number of anilines is 1. The summed E-state index contributed by atoms with van der Waals surface area (Å²) in [4.78, 5) is 12.1. The molecule has 0 aliphatic heterocycles. The maximum absolute atomic E-state index is 12.1. The molecule has 0 aromatic heterocycles. The SMILES string of the molecule is C=CCNS(=O)(=O)Cc1ccc(NC(=O)CCCCOc2cccc(C)c2)cc1. The molecule has 2 rings (SSSR count). The zero-order valence-electron chi connectivity index (χ0n) is 16.7. The van der Waals surface area contributed by atoms with E-state index in [2.05, 4.69) is 16.6 Å². The van der Waals surface area contributed by atoms with Crippen LogP contribution in [0.15, 0.2) is 61.2 Å². The van der Waals surface area contributed by atoms with Crippen LogP contribution in [0.2, 0.25) is 0 Å². The first kappa shape index (κ1) is 22.6. The highest BCUT2D eigenvalue weighted by molar-refractivity contribution is 7.88. The van der Waals surface area contributed by atoms with Crippen molar-refractivity contribution in [3.63, 3.8) is 0 Å². The molecule has 0 atom stereocenters. The van der Waals surface area contributed by atoms with Crippen LogP contribution in [0.1, 0.15) is 30.4 Å². The van der Waals surface area contributed by atoms with Crippen molar-refractivity contribution in [2.45, 2.75) is 31.9 Å². The average Bonchev–Trinajstić information content (AvgIpc) is 2.67. The summed E-state index contributed by atoms with van der Waals surface area (Å²) in [5.41, 5.74) is 2.44. The Bertz CT molecular complexity index is 909. The zero-order chi connectivity index (χ0) is 21.1. The van der Waals surface area contributed by atoms with Gasteiger partial charge in [0.05, 0.1) is 12.4 Å². The number of unbranched alkanes of at least 4 members (excludes halogenated alkanes) is 1. The van der Waals surface area contributed by atoms with Crippen LogP contribution in [0, 0.1) is 6.92 Å². The number of benzene rings is 2. The second kappa shape index (κ2) is 11.4. The zero-order valence-corrected chi connectivity index (χ0v) is 17.5. The van der Waals surface area contributed by atoms with Crippen LogP contribution in [0.3, 0.4) is 0 Å². The lowest BCUT2D eigenvalue weighted by Gasteiger charge is -2.08. The van der Waals surface area contributed by atoms with Crippen molar-refractivity contribution in [1.29, 1.82) is 0 Å². The molecule has 2 aromatic rings. The number of carbonyl (C=O) groups excluding carboxylic acids is 1. The fourth-order valence-electron chi connectivity index (χ4n) is 2.65. The van der Waals surface area contributed by atoms with Crippen molar-refractivity contribution in [2.75, 3.05) is 18.5 Å². The smallest absolute Gasteiger partial charge is 0.224 e. The van der Waals surface area contributed by atoms with Crippen LogP contribution < -0.4 is 14.8 Å². The molecule has 0 aliphatic rings. The molecular weight excluding hydrogens is 388 g/mol. The third kappa shape index (κ3) is 8.93. The minimum absolute atomic E-state index is 0.0754. The number of sulfonamides is 1. The van der Waals surface area contributed by atoms with Gasteiger partial charge in [0.25, 0.3) is 0 Å². The van der Waals surface area contributed by atoms with E-state index in [0.717, 1.165) is 24.2 Å². The normalized spacial score (nSPS) is 11.1. The number of carbonyl (C=O) groups is 1. The van der Waals surface area contributed by atoms with E-state index in [-0.39, 0.29) is 18.2 Å². The summed E-state index contributed by atoms with van der Waals surface area (Å²) in [7, 11) is -3.39. The van der Waals surface area contributed by atoms with Gasteiger partial charge in [0, 0.05) is 18.7 Å². The number of hydrogen-bond acceptors (Lipinski definition) is 4. The van der Waals surface area contributed by atoms with Crippen LogP contribution >= 0.6 is 0 Å². The van der Waals surface area contributed by atoms with Gasteiger partial charge in [-0.1, -0.05) is 30.3 Å². The molecule has 0 saturated heterocycles. The van der Waals surface area contributed by atoms with Crippen LogP contribution in [-0.4, -0.2) is 27.5 Å². The fraction of sp³-hybridized carbons (Fsp3) is 0.318. The summed E-state index contributed by atoms with van der Waals surface area (Å²) in [6.07, 6.45) is 3.41. The molecule has 0 heterocycles. The third-order valence-electron chi connectivity index (χ3n) is 4.10. The third-order valence-corrected chi connectivity index (χ3v) is 5.42. The largest absolute Gasteiger partial charge is 0.494 e. The van der Waals surface area contributed by atoms with E-state index in [0.29, 0.717) is 24.3 Å². The summed E-state index contributed by atoms with van der Waals surface area (Å²) < 4.78 is 31.8. The quantitative estimate of drug-likeness (QED) is 0.407. The first-order chi connectivity index (χ1) is 13.9. The van der Waals surface area contributed by atoms with Gasteiger partial charge in [-0.2, -0.15) is 0 Å². The maximum Gasteiger partial charge on any atom is 0.224 e. The van der Waals surface area contributed by atoms with Crippen molar-refractivity contribution in [2.24, 2.45) is 0 Å². The molecule has 2 aromatic carbocycles. The lowest BCUT2D eigenvalue weighted by Crippen LogP contribution is -2.25. The summed E-state index contributed by atoms with van der Waals surface area (Å²) >= 11 is 0. The van der Waals surface area contributed by atoms with Gasteiger partial charge in [-0.3, -0.25) is 4.79 Å². The van der Waals surface area contributed by atoms with Gasteiger partial charge in [-0.05, 0) is 55.2 Å². The Kier molecular flexibility index (Phi) is 8.89. The molecule has 0 saturated carbocycles. The fourth-order valence-corrected chi connectivity index (χ4v) is 3.75. The van der Waals surface area contributed by atoms with Gasteiger partial charge in [0.2, 0.25) is 15.9 Å². The van der Waals surface area contributed by atoms with Crippen LogP contribution in [0.4, 0.5) is 5.69 Å². The van der Waals surface area contributed by atoms with E-state index in [4.69, 9.17) is 4.74 Å². The number of amides is 1. The number of ether oxygens (including phenoxy) is 1. The second-order valence-corrected chi connectivity index (χ2v) is 8.57. The van der Waals surface area contributed by atoms with Crippen LogP contribution in [0.25, 0.3) is 0 Å². The van der Waals surface area contributed by atoms with Gasteiger partial charge in [0.15, 0.2) is 0 Å². The predicted octanol–water partition coefficient (Wildman–Crippen LogP) is 3.79. The molecule has 156 valence electrons. The van der Waals surface area contributed by atoms with Crippen molar-refractivity contribution in [3.8, 4) is 5.75 Å². The predicted molar refractivity (Wildman–Crippen MR) is 116 cm³/mol. The molecular formula is C22H28N2O4S. The Morgan fingerprint density at radius 2 is 1.90 bits per heavy atom. The molecule has 0 radical (unpaired) electrons. The Morgan fingerprint density at radius 3 is 2.59 bits per heavy atom. The molecule has 7 heteroatoms. The van der Waals surface area contributed by atoms with E-state index < -0.39 is 10.0 Å². The number of hydrogen-bond donors (Lipinski definition) is 2. The van der Waals surface area contributed by atoms with Crippen LogP contribution in [0.5, 0.6) is 5.75 Å². The van der Waals surface area contributed by atoms with Crippen molar-refractivity contribution >= 4 is 21.6 Å². The molecule has 0 bridgehead atoms. The summed E-state index contributed by atoms with van der Waals surface area (Å²) in [5.74, 6) is 0.653. The second-order valence-electron chi connectivity index (χ2n) is 6.76. The average molecular weight is 417 g/mol. The monoisotopic (exact) mass is 416 g/mol. The topological polar surface area (TPSA) is 84.5 Å². The van der Waals surface area contributed by atoms with Gasteiger partial charge < -0.3 is 10.1 Å². The number of aryl methyl sites for hydroxylation is 1. The lowest BCUT2D eigenvalue weighted by atomic mass is 10.2. The van der Waals surface area contributed by atoms with E-state index in [1.165, 1.54) is 6.08 Å². The minimum Gasteiger partial charge on any atom is -0.494 e. The molecule has 1 amide bonds. The minimum atomic E-state index is -3.39. The number of rotatable bonds is 12. The molecule has 0 aliphatic carbocycles. The Labute approximate surface area is 173 Å².